The first-order valence-electron chi connectivity index (χ1n) is 6.64. The van der Waals surface area contributed by atoms with Crippen molar-refractivity contribution in [3.63, 3.8) is 0 Å². The summed E-state index contributed by atoms with van der Waals surface area (Å²) in [5, 5.41) is 3.21. The maximum absolute atomic E-state index is 13.7. The molecule has 0 aliphatic carbocycles. The van der Waals surface area contributed by atoms with Crippen LogP contribution in [0.2, 0.25) is 0 Å². The van der Waals surface area contributed by atoms with Gasteiger partial charge in [-0.05, 0) is 36.4 Å². The average molecular weight is 374 g/mol. The van der Waals surface area contributed by atoms with Crippen molar-refractivity contribution in [1.29, 1.82) is 0 Å². The van der Waals surface area contributed by atoms with E-state index in [0.717, 1.165) is 18.2 Å². The van der Waals surface area contributed by atoms with Gasteiger partial charge in [-0.3, -0.25) is 0 Å². The molecule has 0 N–H and O–H groups in total. The lowest BCUT2D eigenvalue weighted by Gasteiger charge is -2.05. The maximum Gasteiger partial charge on any atom is 0.471 e. The van der Waals surface area contributed by atoms with E-state index >= 15 is 0 Å². The molecule has 3 rings (SSSR count). The molecule has 1 heterocycles. The summed E-state index contributed by atoms with van der Waals surface area (Å²) < 4.78 is 81.1. The van der Waals surface area contributed by atoms with Crippen molar-refractivity contribution in [2.45, 2.75) is 16.0 Å². The predicted molar refractivity (Wildman–Crippen MR) is 75.8 cm³/mol. The van der Waals surface area contributed by atoms with Crippen LogP contribution in [0.3, 0.4) is 0 Å². The summed E-state index contributed by atoms with van der Waals surface area (Å²) in [6, 6.07) is 8.14. The van der Waals surface area contributed by atoms with E-state index in [1.165, 1.54) is 24.3 Å². The van der Waals surface area contributed by atoms with Gasteiger partial charge in [0.2, 0.25) is 5.82 Å². The SMILES string of the molecule is O=S(c1ccc(-c2noc(C(F)(F)F)n2)cc1)c1c(F)cccc1F. The summed E-state index contributed by atoms with van der Waals surface area (Å²) >= 11 is 0. The molecule has 130 valence electrons. The molecule has 10 heteroatoms. The second-order valence-electron chi connectivity index (χ2n) is 4.76. The Bertz CT molecular complexity index is 918. The summed E-state index contributed by atoms with van der Waals surface area (Å²) in [6.45, 7) is 0. The Kier molecular flexibility index (Phi) is 4.38. The van der Waals surface area contributed by atoms with Gasteiger partial charge >= 0.3 is 12.1 Å². The zero-order valence-corrected chi connectivity index (χ0v) is 12.9. The van der Waals surface area contributed by atoms with Crippen LogP contribution in [0.1, 0.15) is 5.89 Å². The van der Waals surface area contributed by atoms with Crippen molar-refractivity contribution in [2.24, 2.45) is 0 Å². The first-order valence-corrected chi connectivity index (χ1v) is 7.79. The molecule has 3 aromatic rings. The standard InChI is InChI=1S/C15H7F5N2O2S/c16-10-2-1-3-11(17)12(10)25(23)9-6-4-8(5-7-9)13-21-14(24-22-13)15(18,19)20/h1-7H. The van der Waals surface area contributed by atoms with Crippen molar-refractivity contribution >= 4 is 10.8 Å². The zero-order chi connectivity index (χ0) is 18.2. The minimum absolute atomic E-state index is 0.0623. The van der Waals surface area contributed by atoms with Gasteiger partial charge in [0, 0.05) is 10.5 Å². The third kappa shape index (κ3) is 3.43. The molecule has 0 saturated carbocycles. The van der Waals surface area contributed by atoms with E-state index in [4.69, 9.17) is 0 Å². The van der Waals surface area contributed by atoms with E-state index in [2.05, 4.69) is 14.7 Å². The van der Waals surface area contributed by atoms with Gasteiger partial charge < -0.3 is 4.52 Å². The van der Waals surface area contributed by atoms with Gasteiger partial charge in [-0.25, -0.2) is 13.0 Å². The lowest BCUT2D eigenvalue weighted by Crippen LogP contribution is -2.04. The van der Waals surface area contributed by atoms with Crippen LogP contribution in [0.4, 0.5) is 22.0 Å². The van der Waals surface area contributed by atoms with E-state index in [-0.39, 0.29) is 16.3 Å². The van der Waals surface area contributed by atoms with Crippen LogP contribution in [-0.4, -0.2) is 14.3 Å². The first-order chi connectivity index (χ1) is 11.8. The molecule has 1 aromatic heterocycles. The second kappa shape index (κ2) is 6.36. The summed E-state index contributed by atoms with van der Waals surface area (Å²) in [7, 11) is -2.14. The van der Waals surface area contributed by atoms with Gasteiger partial charge in [-0.1, -0.05) is 11.2 Å². The minimum atomic E-state index is -4.77. The minimum Gasteiger partial charge on any atom is -0.329 e. The molecular weight excluding hydrogens is 367 g/mol. The molecule has 0 aliphatic heterocycles. The van der Waals surface area contributed by atoms with Gasteiger partial charge in [-0.2, -0.15) is 18.2 Å². The molecule has 25 heavy (non-hydrogen) atoms. The fourth-order valence-corrected chi connectivity index (χ4v) is 3.07. The Morgan fingerprint density at radius 1 is 0.960 bits per heavy atom. The molecular formula is C15H7F5N2O2S. The second-order valence-corrected chi connectivity index (χ2v) is 6.18. The maximum atomic E-state index is 13.7. The molecule has 1 unspecified atom stereocenters. The monoisotopic (exact) mass is 374 g/mol. The number of hydrogen-bond acceptors (Lipinski definition) is 4. The molecule has 4 nitrogen and oxygen atoms in total. The van der Waals surface area contributed by atoms with E-state index in [9.17, 15) is 26.2 Å². The molecule has 0 fully saturated rings. The Morgan fingerprint density at radius 3 is 2.08 bits per heavy atom. The fraction of sp³-hybridized carbons (Fsp3) is 0.0667. The smallest absolute Gasteiger partial charge is 0.329 e. The van der Waals surface area contributed by atoms with Gasteiger partial charge in [-0.15, -0.1) is 0 Å². The number of hydrogen-bond donors (Lipinski definition) is 0. The highest BCUT2D eigenvalue weighted by atomic mass is 32.2. The number of rotatable bonds is 3. The van der Waals surface area contributed by atoms with Crippen LogP contribution in [0.5, 0.6) is 0 Å². The van der Waals surface area contributed by atoms with Crippen molar-refractivity contribution < 1.29 is 30.7 Å². The van der Waals surface area contributed by atoms with Crippen LogP contribution >= 0.6 is 0 Å². The number of benzene rings is 2. The summed E-state index contributed by atoms with van der Waals surface area (Å²) in [5.74, 6) is -3.74. The molecule has 0 amide bonds. The molecule has 0 saturated heterocycles. The Hall–Kier alpha value is -2.62. The van der Waals surface area contributed by atoms with Crippen LogP contribution in [0, 0.1) is 11.6 Å². The summed E-state index contributed by atoms with van der Waals surface area (Å²) in [4.78, 5) is 2.67. The van der Waals surface area contributed by atoms with Crippen molar-refractivity contribution in [1.82, 2.24) is 10.1 Å². The van der Waals surface area contributed by atoms with Gasteiger partial charge in [0.05, 0.1) is 10.8 Å². The number of nitrogens with zero attached hydrogens (tertiary/aromatic N) is 2. The lowest BCUT2D eigenvalue weighted by molar-refractivity contribution is -0.159. The topological polar surface area (TPSA) is 56.0 Å². The molecule has 0 aliphatic rings. The number of halogens is 5. The quantitative estimate of drug-likeness (QED) is 0.645. The fourth-order valence-electron chi connectivity index (χ4n) is 1.96. The van der Waals surface area contributed by atoms with Crippen molar-refractivity contribution in [3.8, 4) is 11.4 Å². The van der Waals surface area contributed by atoms with Crippen LogP contribution in [0.15, 0.2) is 56.8 Å². The van der Waals surface area contributed by atoms with E-state index < -0.39 is 39.4 Å². The first kappa shape index (κ1) is 17.2. The summed E-state index contributed by atoms with van der Waals surface area (Å²) in [6.07, 6.45) is -4.77. The average Bonchev–Trinajstić information content (AvgIpc) is 3.05. The van der Waals surface area contributed by atoms with Crippen LogP contribution in [0.25, 0.3) is 11.4 Å². The predicted octanol–water partition coefficient (Wildman–Crippen LogP) is 4.20. The molecule has 0 radical (unpaired) electrons. The largest absolute Gasteiger partial charge is 0.471 e. The Balaban J connectivity index is 1.90. The lowest BCUT2D eigenvalue weighted by atomic mass is 10.2. The molecule has 0 bridgehead atoms. The van der Waals surface area contributed by atoms with E-state index in [0.29, 0.717) is 0 Å². The molecule has 1 atom stereocenters. The summed E-state index contributed by atoms with van der Waals surface area (Å²) in [5.41, 5.74) is 0.161. The highest BCUT2D eigenvalue weighted by molar-refractivity contribution is 7.85. The number of aromatic nitrogens is 2. The zero-order valence-electron chi connectivity index (χ0n) is 12.1. The third-order valence-corrected chi connectivity index (χ3v) is 4.56. The third-order valence-electron chi connectivity index (χ3n) is 3.10. The van der Waals surface area contributed by atoms with Crippen LogP contribution < -0.4 is 0 Å². The highest BCUT2D eigenvalue weighted by Gasteiger charge is 2.38. The molecule has 2 aromatic carbocycles. The van der Waals surface area contributed by atoms with Crippen LogP contribution in [-0.2, 0) is 17.0 Å². The van der Waals surface area contributed by atoms with Crippen molar-refractivity contribution in [2.75, 3.05) is 0 Å². The highest BCUT2D eigenvalue weighted by Crippen LogP contribution is 2.30. The van der Waals surface area contributed by atoms with Gasteiger partial charge in [0.15, 0.2) is 0 Å². The van der Waals surface area contributed by atoms with Gasteiger partial charge in [0.1, 0.15) is 16.5 Å². The van der Waals surface area contributed by atoms with Crippen molar-refractivity contribution in [3.05, 3.63) is 60.0 Å². The Labute approximate surface area is 139 Å². The molecule has 0 spiro atoms. The number of alkyl halides is 3. The van der Waals surface area contributed by atoms with E-state index in [1.807, 2.05) is 0 Å². The Morgan fingerprint density at radius 2 is 1.56 bits per heavy atom. The van der Waals surface area contributed by atoms with E-state index in [1.54, 1.807) is 0 Å². The van der Waals surface area contributed by atoms with Gasteiger partial charge in [0.25, 0.3) is 0 Å². The normalized spacial score (nSPS) is 13.0.